The van der Waals surface area contributed by atoms with Crippen LogP contribution in [0.15, 0.2) is 0 Å². The fraction of sp³-hybridized carbons (Fsp3) is 0.917. The van der Waals surface area contributed by atoms with Gasteiger partial charge in [-0.3, -0.25) is 4.79 Å². The lowest BCUT2D eigenvalue weighted by molar-refractivity contribution is -0.125. The summed E-state index contributed by atoms with van der Waals surface area (Å²) in [4.78, 5) is 11.6. The van der Waals surface area contributed by atoms with Crippen molar-refractivity contribution >= 4 is 5.91 Å². The molecule has 1 aliphatic carbocycles. The van der Waals surface area contributed by atoms with Gasteiger partial charge in [-0.05, 0) is 25.8 Å². The van der Waals surface area contributed by atoms with Crippen LogP contribution in [0.1, 0.15) is 58.3 Å². The number of rotatable bonds is 4. The zero-order valence-electron chi connectivity index (χ0n) is 9.85. The summed E-state index contributed by atoms with van der Waals surface area (Å²) in [6, 6.07) is 0. The van der Waals surface area contributed by atoms with E-state index in [0.29, 0.717) is 0 Å². The Bertz CT molecular complexity index is 190. The first-order valence-electron chi connectivity index (χ1n) is 6.26. The van der Waals surface area contributed by atoms with Crippen LogP contribution in [0.2, 0.25) is 0 Å². The lowest BCUT2D eigenvalue weighted by atomic mass is 9.83. The van der Waals surface area contributed by atoms with E-state index >= 15 is 0 Å². The van der Waals surface area contributed by atoms with E-state index in [1.54, 1.807) is 0 Å². The third kappa shape index (κ3) is 3.49. The topological polar surface area (TPSA) is 55.1 Å². The van der Waals surface area contributed by atoms with Crippen molar-refractivity contribution in [2.24, 2.45) is 5.73 Å². The monoisotopic (exact) mass is 212 g/mol. The molecule has 3 nitrogen and oxygen atoms in total. The first kappa shape index (κ1) is 12.5. The summed E-state index contributed by atoms with van der Waals surface area (Å²) in [5, 5.41) is 3.38. The number of primary amides is 1. The molecule has 88 valence electrons. The summed E-state index contributed by atoms with van der Waals surface area (Å²) in [7, 11) is 0. The van der Waals surface area contributed by atoms with Gasteiger partial charge in [-0.15, -0.1) is 0 Å². The fourth-order valence-electron chi connectivity index (χ4n) is 2.38. The number of carbonyl (C=O) groups excluding carboxylic acids is 1. The highest BCUT2D eigenvalue weighted by Gasteiger charge is 2.35. The van der Waals surface area contributed by atoms with Crippen LogP contribution in [-0.2, 0) is 4.79 Å². The minimum absolute atomic E-state index is 0.155. The van der Waals surface area contributed by atoms with Gasteiger partial charge >= 0.3 is 0 Å². The van der Waals surface area contributed by atoms with E-state index in [2.05, 4.69) is 12.2 Å². The molecule has 1 amide bonds. The van der Waals surface area contributed by atoms with Gasteiger partial charge in [0.1, 0.15) is 0 Å². The van der Waals surface area contributed by atoms with Crippen molar-refractivity contribution in [1.82, 2.24) is 5.32 Å². The van der Waals surface area contributed by atoms with Crippen LogP contribution in [0.5, 0.6) is 0 Å². The zero-order valence-corrected chi connectivity index (χ0v) is 9.85. The van der Waals surface area contributed by atoms with Gasteiger partial charge in [0.15, 0.2) is 0 Å². The minimum Gasteiger partial charge on any atom is -0.368 e. The van der Waals surface area contributed by atoms with E-state index in [1.807, 2.05) is 0 Å². The summed E-state index contributed by atoms with van der Waals surface area (Å²) < 4.78 is 0. The van der Waals surface area contributed by atoms with Crippen molar-refractivity contribution in [2.75, 3.05) is 6.54 Å². The molecule has 0 atom stereocenters. The van der Waals surface area contributed by atoms with Crippen molar-refractivity contribution in [3.8, 4) is 0 Å². The maximum absolute atomic E-state index is 11.6. The van der Waals surface area contributed by atoms with Gasteiger partial charge in [0.05, 0.1) is 5.54 Å². The number of carbonyl (C=O) groups is 1. The molecule has 0 aliphatic heterocycles. The molecular formula is C12H24N2O. The van der Waals surface area contributed by atoms with Crippen molar-refractivity contribution in [3.05, 3.63) is 0 Å². The standard InChI is InChI=1S/C12H24N2O/c1-2-10-14-12(11(13)15)8-6-4-3-5-7-9-12/h14H,2-10H2,1H3,(H2,13,15). The average Bonchev–Trinajstić information content (AvgIpc) is 2.16. The van der Waals surface area contributed by atoms with Gasteiger partial charge < -0.3 is 11.1 Å². The Labute approximate surface area is 92.8 Å². The van der Waals surface area contributed by atoms with E-state index in [1.165, 1.54) is 19.3 Å². The number of nitrogens with two attached hydrogens (primary N) is 1. The minimum atomic E-state index is -0.406. The molecule has 15 heavy (non-hydrogen) atoms. The smallest absolute Gasteiger partial charge is 0.237 e. The first-order valence-corrected chi connectivity index (χ1v) is 6.26. The predicted octanol–water partition coefficient (Wildman–Crippen LogP) is 1.95. The molecule has 0 radical (unpaired) electrons. The normalized spacial score (nSPS) is 21.7. The second-order valence-corrected chi connectivity index (χ2v) is 4.64. The number of hydrogen-bond donors (Lipinski definition) is 2. The van der Waals surface area contributed by atoms with Crippen LogP contribution >= 0.6 is 0 Å². The Kier molecular flexibility index (Phi) is 5.09. The molecule has 0 unspecified atom stereocenters. The van der Waals surface area contributed by atoms with Crippen LogP contribution in [0.3, 0.4) is 0 Å². The summed E-state index contributed by atoms with van der Waals surface area (Å²) in [5.41, 5.74) is 5.16. The van der Waals surface area contributed by atoms with Gasteiger partial charge in [0.25, 0.3) is 0 Å². The molecule has 0 aromatic rings. The summed E-state index contributed by atoms with van der Waals surface area (Å²) >= 11 is 0. The third-order valence-corrected chi connectivity index (χ3v) is 3.39. The highest BCUT2D eigenvalue weighted by molar-refractivity contribution is 5.84. The first-order chi connectivity index (χ1) is 7.21. The van der Waals surface area contributed by atoms with Gasteiger partial charge in [-0.1, -0.05) is 39.0 Å². The van der Waals surface area contributed by atoms with E-state index in [-0.39, 0.29) is 5.91 Å². The molecule has 0 aromatic heterocycles. The molecule has 3 heteroatoms. The van der Waals surface area contributed by atoms with Crippen LogP contribution in [0.4, 0.5) is 0 Å². The molecular weight excluding hydrogens is 188 g/mol. The lowest BCUT2D eigenvalue weighted by Gasteiger charge is -2.33. The summed E-state index contributed by atoms with van der Waals surface area (Å²) in [6.07, 6.45) is 8.92. The maximum Gasteiger partial charge on any atom is 0.237 e. The number of nitrogens with one attached hydrogen (secondary N) is 1. The van der Waals surface area contributed by atoms with Gasteiger partial charge in [0, 0.05) is 0 Å². The Morgan fingerprint density at radius 1 is 1.20 bits per heavy atom. The zero-order chi connectivity index (χ0) is 11.1. The Morgan fingerprint density at radius 2 is 1.73 bits per heavy atom. The lowest BCUT2D eigenvalue weighted by Crippen LogP contribution is -2.55. The molecule has 1 rings (SSSR count). The molecule has 0 bridgehead atoms. The molecule has 0 aromatic carbocycles. The van der Waals surface area contributed by atoms with Crippen molar-refractivity contribution in [1.29, 1.82) is 0 Å². The number of hydrogen-bond acceptors (Lipinski definition) is 2. The van der Waals surface area contributed by atoms with E-state index in [0.717, 1.165) is 38.6 Å². The second kappa shape index (κ2) is 6.11. The maximum atomic E-state index is 11.6. The molecule has 0 saturated heterocycles. The predicted molar refractivity (Wildman–Crippen MR) is 62.5 cm³/mol. The number of amides is 1. The molecule has 3 N–H and O–H groups in total. The van der Waals surface area contributed by atoms with E-state index in [4.69, 9.17) is 5.73 Å². The molecule has 1 saturated carbocycles. The molecule has 1 aliphatic rings. The summed E-state index contributed by atoms with van der Waals surface area (Å²) in [6.45, 7) is 3.01. The van der Waals surface area contributed by atoms with Crippen LogP contribution in [-0.4, -0.2) is 18.0 Å². The second-order valence-electron chi connectivity index (χ2n) is 4.64. The van der Waals surface area contributed by atoms with E-state index in [9.17, 15) is 4.79 Å². The third-order valence-electron chi connectivity index (χ3n) is 3.39. The Hall–Kier alpha value is -0.570. The quantitative estimate of drug-likeness (QED) is 0.748. The highest BCUT2D eigenvalue weighted by Crippen LogP contribution is 2.26. The average molecular weight is 212 g/mol. The van der Waals surface area contributed by atoms with Crippen LogP contribution in [0, 0.1) is 0 Å². The molecule has 0 spiro atoms. The van der Waals surface area contributed by atoms with Crippen molar-refractivity contribution in [2.45, 2.75) is 63.8 Å². The van der Waals surface area contributed by atoms with Gasteiger partial charge in [-0.2, -0.15) is 0 Å². The Morgan fingerprint density at radius 3 is 2.20 bits per heavy atom. The largest absolute Gasteiger partial charge is 0.368 e. The van der Waals surface area contributed by atoms with Gasteiger partial charge in [-0.25, -0.2) is 0 Å². The SMILES string of the molecule is CCCNC1(C(N)=O)CCCCCCC1. The fourth-order valence-corrected chi connectivity index (χ4v) is 2.38. The van der Waals surface area contributed by atoms with Gasteiger partial charge in [0.2, 0.25) is 5.91 Å². The van der Waals surface area contributed by atoms with Crippen molar-refractivity contribution in [3.63, 3.8) is 0 Å². The van der Waals surface area contributed by atoms with Crippen LogP contribution < -0.4 is 11.1 Å². The molecule has 0 heterocycles. The van der Waals surface area contributed by atoms with Crippen molar-refractivity contribution < 1.29 is 4.79 Å². The van der Waals surface area contributed by atoms with Crippen LogP contribution in [0.25, 0.3) is 0 Å². The Balaban J connectivity index is 2.62. The summed E-state index contributed by atoms with van der Waals surface area (Å²) in [5.74, 6) is -0.155. The molecule has 1 fully saturated rings. The highest BCUT2D eigenvalue weighted by atomic mass is 16.1. The van der Waals surface area contributed by atoms with E-state index < -0.39 is 5.54 Å².